The van der Waals surface area contributed by atoms with Crippen LogP contribution in [-0.4, -0.2) is 31.2 Å². The lowest BCUT2D eigenvalue weighted by Crippen LogP contribution is -2.38. The molecule has 192 valence electrons. The highest BCUT2D eigenvalue weighted by atomic mass is 16.5. The number of hydrogen-bond donors (Lipinski definition) is 0. The first kappa shape index (κ1) is 23.6. The number of fused-ring (bicyclic) bond motifs is 1. The maximum atomic E-state index is 5.98. The number of rotatable bonds is 6. The molecule has 6 nitrogen and oxygen atoms in total. The third-order valence-corrected chi connectivity index (χ3v) is 7.69. The molecule has 0 spiro atoms. The van der Waals surface area contributed by atoms with Crippen molar-refractivity contribution in [2.75, 3.05) is 6.61 Å². The third-order valence-electron chi connectivity index (χ3n) is 7.69. The molecule has 6 aromatic rings. The number of hydrogen-bond acceptors (Lipinski definition) is 4. The molecule has 2 aromatic heterocycles. The van der Waals surface area contributed by atoms with Crippen molar-refractivity contribution in [1.82, 2.24) is 24.5 Å². The van der Waals surface area contributed by atoms with Crippen LogP contribution in [0.15, 0.2) is 122 Å². The molecule has 0 aliphatic carbocycles. The van der Waals surface area contributed by atoms with Gasteiger partial charge in [-0.1, -0.05) is 91.0 Å². The van der Waals surface area contributed by atoms with E-state index in [0.29, 0.717) is 5.82 Å². The van der Waals surface area contributed by atoms with Crippen molar-refractivity contribution in [2.24, 2.45) is 0 Å². The van der Waals surface area contributed by atoms with Gasteiger partial charge in [-0.3, -0.25) is 0 Å². The van der Waals surface area contributed by atoms with Crippen LogP contribution in [0.4, 0.5) is 0 Å². The predicted molar refractivity (Wildman–Crippen MR) is 152 cm³/mol. The summed E-state index contributed by atoms with van der Waals surface area (Å²) in [6.07, 6.45) is 7.04. The van der Waals surface area contributed by atoms with E-state index in [1.54, 1.807) is 0 Å². The SMILES string of the molecule is c1ccc(C(c2ccccc2)(c2ccccc2)n2cnc(-c3ccc4c(cnn4C4CCCCO4)c3)n2)cc1. The summed E-state index contributed by atoms with van der Waals surface area (Å²) in [5.41, 5.74) is 4.67. The Bertz CT molecular complexity index is 1590. The Labute approximate surface area is 227 Å². The maximum Gasteiger partial charge on any atom is 0.181 e. The molecular formula is C33H29N5O. The van der Waals surface area contributed by atoms with Crippen molar-refractivity contribution in [2.45, 2.75) is 31.0 Å². The molecule has 0 amide bonds. The molecule has 0 saturated carbocycles. The highest BCUT2D eigenvalue weighted by Gasteiger charge is 2.39. The van der Waals surface area contributed by atoms with Gasteiger partial charge in [0.05, 0.1) is 11.7 Å². The van der Waals surface area contributed by atoms with Crippen molar-refractivity contribution in [3.8, 4) is 11.4 Å². The van der Waals surface area contributed by atoms with Crippen molar-refractivity contribution >= 4 is 10.9 Å². The quantitative estimate of drug-likeness (QED) is 0.230. The Morgan fingerprint density at radius 3 is 1.97 bits per heavy atom. The largest absolute Gasteiger partial charge is 0.356 e. The average Bonchev–Trinajstić information content (AvgIpc) is 3.68. The van der Waals surface area contributed by atoms with Crippen molar-refractivity contribution in [3.05, 3.63) is 138 Å². The summed E-state index contributed by atoms with van der Waals surface area (Å²) in [7, 11) is 0. The molecule has 1 aliphatic rings. The molecular weight excluding hydrogens is 482 g/mol. The van der Waals surface area contributed by atoms with E-state index in [2.05, 4.69) is 96.1 Å². The second kappa shape index (κ2) is 9.97. The topological polar surface area (TPSA) is 57.8 Å². The van der Waals surface area contributed by atoms with E-state index in [9.17, 15) is 0 Å². The van der Waals surface area contributed by atoms with E-state index in [4.69, 9.17) is 14.8 Å². The minimum absolute atomic E-state index is 0.00247. The van der Waals surface area contributed by atoms with E-state index in [0.717, 1.165) is 59.0 Å². The van der Waals surface area contributed by atoms with Gasteiger partial charge in [0.25, 0.3) is 0 Å². The molecule has 7 rings (SSSR count). The number of aromatic nitrogens is 5. The highest BCUT2D eigenvalue weighted by Crippen LogP contribution is 2.40. The van der Waals surface area contributed by atoms with Gasteiger partial charge < -0.3 is 4.74 Å². The summed E-state index contributed by atoms with van der Waals surface area (Å²) in [5.74, 6) is 0.672. The monoisotopic (exact) mass is 511 g/mol. The van der Waals surface area contributed by atoms with E-state index >= 15 is 0 Å². The van der Waals surface area contributed by atoms with Gasteiger partial charge in [-0.05, 0) is 54.2 Å². The molecule has 1 aliphatic heterocycles. The summed E-state index contributed by atoms with van der Waals surface area (Å²) in [6, 6.07) is 37.9. The predicted octanol–water partition coefficient (Wildman–Crippen LogP) is 6.83. The standard InChI is InChI=1S/C33H29N5O/c1-4-12-27(13-5-1)33(28-14-6-2-7-15-28,29-16-8-3-9-17-29)37-24-34-32(36-37)25-19-20-30-26(22-25)23-35-38(30)31-18-10-11-21-39-31/h1-9,12-17,19-20,22-24,31H,10-11,18,21H2. The Morgan fingerprint density at radius 2 is 1.38 bits per heavy atom. The fraction of sp³-hybridized carbons (Fsp3) is 0.182. The van der Waals surface area contributed by atoms with Crippen molar-refractivity contribution in [1.29, 1.82) is 0 Å². The lowest BCUT2D eigenvalue weighted by molar-refractivity contribution is -0.0366. The molecule has 39 heavy (non-hydrogen) atoms. The van der Waals surface area contributed by atoms with Crippen molar-refractivity contribution in [3.63, 3.8) is 0 Å². The van der Waals surface area contributed by atoms with Gasteiger partial charge in [-0.2, -0.15) is 5.10 Å². The highest BCUT2D eigenvalue weighted by molar-refractivity contribution is 5.83. The summed E-state index contributed by atoms with van der Waals surface area (Å²) >= 11 is 0. The van der Waals surface area contributed by atoms with Crippen LogP contribution < -0.4 is 0 Å². The van der Waals surface area contributed by atoms with Crippen LogP contribution in [0.25, 0.3) is 22.3 Å². The zero-order valence-corrected chi connectivity index (χ0v) is 21.6. The van der Waals surface area contributed by atoms with Crippen LogP contribution in [0.1, 0.15) is 42.2 Å². The minimum atomic E-state index is -0.692. The van der Waals surface area contributed by atoms with Gasteiger partial charge in [-0.25, -0.2) is 14.3 Å². The van der Waals surface area contributed by atoms with Crippen LogP contribution in [0, 0.1) is 0 Å². The van der Waals surface area contributed by atoms with Crippen LogP contribution in [0.2, 0.25) is 0 Å². The van der Waals surface area contributed by atoms with E-state index in [1.165, 1.54) is 0 Å². The molecule has 1 atom stereocenters. The fourth-order valence-corrected chi connectivity index (χ4v) is 5.83. The number of benzene rings is 4. The Kier molecular flexibility index (Phi) is 6.02. The number of ether oxygens (including phenoxy) is 1. The van der Waals surface area contributed by atoms with Gasteiger partial charge in [0.15, 0.2) is 12.1 Å². The lowest BCUT2D eigenvalue weighted by Gasteiger charge is -2.35. The summed E-state index contributed by atoms with van der Waals surface area (Å²) < 4.78 is 10.00. The smallest absolute Gasteiger partial charge is 0.181 e. The van der Waals surface area contributed by atoms with Gasteiger partial charge in [0.1, 0.15) is 11.9 Å². The lowest BCUT2D eigenvalue weighted by atomic mass is 9.77. The third kappa shape index (κ3) is 4.04. The first-order valence-corrected chi connectivity index (χ1v) is 13.5. The Morgan fingerprint density at radius 1 is 0.744 bits per heavy atom. The van der Waals surface area contributed by atoms with E-state index < -0.39 is 5.54 Å². The molecule has 1 fully saturated rings. The van der Waals surface area contributed by atoms with Gasteiger partial charge in [0, 0.05) is 17.6 Å². The van der Waals surface area contributed by atoms with Gasteiger partial charge in [0.2, 0.25) is 0 Å². The zero-order chi connectivity index (χ0) is 26.1. The minimum Gasteiger partial charge on any atom is -0.356 e. The molecule has 3 heterocycles. The molecule has 0 radical (unpaired) electrons. The van der Waals surface area contributed by atoms with Gasteiger partial charge >= 0.3 is 0 Å². The normalized spacial score (nSPS) is 15.9. The van der Waals surface area contributed by atoms with Crippen molar-refractivity contribution < 1.29 is 4.74 Å². The van der Waals surface area contributed by atoms with Crippen LogP contribution in [0.5, 0.6) is 0 Å². The van der Waals surface area contributed by atoms with Crippen LogP contribution >= 0.6 is 0 Å². The number of nitrogens with zero attached hydrogens (tertiary/aromatic N) is 5. The molecule has 1 unspecified atom stereocenters. The second-order valence-electron chi connectivity index (χ2n) is 10.0. The van der Waals surface area contributed by atoms with E-state index in [1.807, 2.05) is 40.1 Å². The summed E-state index contributed by atoms with van der Waals surface area (Å²) in [6.45, 7) is 0.789. The van der Waals surface area contributed by atoms with Crippen LogP contribution in [0.3, 0.4) is 0 Å². The molecule has 0 N–H and O–H groups in total. The first-order chi connectivity index (χ1) is 19.3. The van der Waals surface area contributed by atoms with Gasteiger partial charge in [-0.15, -0.1) is 5.10 Å². The van der Waals surface area contributed by atoms with E-state index in [-0.39, 0.29) is 6.23 Å². The Hall–Kier alpha value is -4.55. The second-order valence-corrected chi connectivity index (χ2v) is 10.0. The first-order valence-electron chi connectivity index (χ1n) is 13.5. The molecule has 4 aromatic carbocycles. The zero-order valence-electron chi connectivity index (χ0n) is 21.6. The Balaban J connectivity index is 1.36. The molecule has 6 heteroatoms. The summed E-state index contributed by atoms with van der Waals surface area (Å²) in [4.78, 5) is 4.83. The summed E-state index contributed by atoms with van der Waals surface area (Å²) in [5, 5.41) is 10.9. The fourth-order valence-electron chi connectivity index (χ4n) is 5.83. The molecule has 0 bridgehead atoms. The maximum absolute atomic E-state index is 5.98. The molecule has 1 saturated heterocycles. The average molecular weight is 512 g/mol. The van der Waals surface area contributed by atoms with Crippen LogP contribution in [-0.2, 0) is 10.3 Å².